The van der Waals surface area contributed by atoms with Gasteiger partial charge in [0.25, 0.3) is 0 Å². The van der Waals surface area contributed by atoms with Crippen molar-refractivity contribution < 1.29 is 28.6 Å². The normalized spacial score (nSPS) is 12.8. The highest BCUT2D eigenvalue weighted by atomic mass is 16.6. The monoisotopic (exact) mass is 931 g/mol. The zero-order chi connectivity index (χ0) is 48.6. The van der Waals surface area contributed by atoms with E-state index in [1.54, 1.807) is 0 Å². The predicted octanol–water partition coefficient (Wildman–Crippen LogP) is 18.5. The van der Waals surface area contributed by atoms with Crippen molar-refractivity contribution in [3.63, 3.8) is 0 Å². The second kappa shape index (κ2) is 54.9. The average Bonchev–Trinajstić information content (AvgIpc) is 3.33. The third kappa shape index (κ3) is 53.2. The summed E-state index contributed by atoms with van der Waals surface area (Å²) in [7, 11) is 0. The third-order valence-electron chi connectivity index (χ3n) is 11.7. The molecule has 0 saturated heterocycles. The van der Waals surface area contributed by atoms with Crippen LogP contribution in [0.2, 0.25) is 0 Å². The fourth-order valence-corrected chi connectivity index (χ4v) is 7.60. The molecule has 0 aromatic carbocycles. The summed E-state index contributed by atoms with van der Waals surface area (Å²) in [6.45, 7) is 6.35. The fourth-order valence-electron chi connectivity index (χ4n) is 7.60. The van der Waals surface area contributed by atoms with E-state index < -0.39 is 6.10 Å². The van der Waals surface area contributed by atoms with Gasteiger partial charge in [-0.1, -0.05) is 259 Å². The molecule has 6 heteroatoms. The lowest BCUT2D eigenvalue weighted by Crippen LogP contribution is -2.30. The molecule has 0 heterocycles. The average molecular weight is 931 g/mol. The largest absolute Gasteiger partial charge is 0.462 e. The molecule has 0 N–H and O–H groups in total. The lowest BCUT2D eigenvalue weighted by atomic mass is 10.0. The second-order valence-electron chi connectivity index (χ2n) is 18.2. The number of esters is 3. The van der Waals surface area contributed by atoms with Crippen LogP contribution >= 0.6 is 0 Å². The maximum absolute atomic E-state index is 12.8. The van der Waals surface area contributed by atoms with Crippen molar-refractivity contribution in [2.45, 2.75) is 258 Å². The zero-order valence-corrected chi connectivity index (χ0v) is 43.6. The topological polar surface area (TPSA) is 78.9 Å². The molecule has 0 aromatic rings. The molecule has 1 atom stereocenters. The van der Waals surface area contributed by atoms with Gasteiger partial charge in [-0.25, -0.2) is 0 Å². The van der Waals surface area contributed by atoms with Crippen LogP contribution in [0.3, 0.4) is 0 Å². The van der Waals surface area contributed by atoms with Gasteiger partial charge in [-0.05, 0) is 70.6 Å². The Hall–Kier alpha value is -3.67. The van der Waals surface area contributed by atoms with Gasteiger partial charge in [-0.15, -0.1) is 0 Å². The highest BCUT2D eigenvalue weighted by molar-refractivity contribution is 5.71. The Morgan fingerprint density at radius 3 is 1.10 bits per heavy atom. The summed E-state index contributed by atoms with van der Waals surface area (Å²) in [6.07, 6.45) is 72.5. The number of unbranched alkanes of at least 4 members (excludes halogenated alkanes) is 26. The van der Waals surface area contributed by atoms with Crippen molar-refractivity contribution in [3.05, 3.63) is 97.2 Å². The molecule has 382 valence electrons. The van der Waals surface area contributed by atoms with E-state index in [9.17, 15) is 14.4 Å². The van der Waals surface area contributed by atoms with Crippen LogP contribution in [-0.4, -0.2) is 37.2 Å². The second-order valence-corrected chi connectivity index (χ2v) is 18.2. The number of allylic oxidation sites excluding steroid dienone is 16. The quantitative estimate of drug-likeness (QED) is 0.0199. The van der Waals surface area contributed by atoms with Crippen molar-refractivity contribution >= 4 is 17.9 Å². The Balaban J connectivity index is 4.45. The van der Waals surface area contributed by atoms with Crippen LogP contribution in [0, 0.1) is 0 Å². The van der Waals surface area contributed by atoms with Gasteiger partial charge < -0.3 is 14.2 Å². The standard InChI is InChI=1S/C61H102O6/c1-4-7-10-13-16-19-22-25-28-30-31-34-36-39-42-45-48-51-54-60(63)66-57-58(56-65-59(62)53-50-47-44-41-38-35-32-27-24-21-18-15-12-9-6-3)67-61(64)55-52-49-46-43-40-37-33-29-26-23-20-17-14-11-8-5-2/h8-9,11-12,15,17-18,20-21,24,26-27,29,32,35,38,58H,4-7,10,13-14,16,19,22-23,25,28,30-31,33-34,36-37,39-57H2,1-3H3/b11-8-,12-9-,18-15-,20-17-,24-21-,29-26-,32-27-,38-35-. The van der Waals surface area contributed by atoms with E-state index in [0.717, 1.165) is 103 Å². The SMILES string of the molecule is CC\C=C/C=C\C=C/C=C\C=C/CCCCCC(=O)OCC(COC(=O)CCCCCCCCCCCCCCCCCCCC)OC(=O)CCCCCCCC/C=C\C/C=C\C/C=C\CC. The van der Waals surface area contributed by atoms with Crippen LogP contribution in [-0.2, 0) is 28.6 Å². The van der Waals surface area contributed by atoms with Gasteiger partial charge in [0.05, 0.1) is 0 Å². The summed E-state index contributed by atoms with van der Waals surface area (Å²) in [5, 5.41) is 0. The Labute approximate surface area is 413 Å². The summed E-state index contributed by atoms with van der Waals surface area (Å²) in [5.74, 6) is -0.949. The number of carbonyl (C=O) groups is 3. The summed E-state index contributed by atoms with van der Waals surface area (Å²) in [6, 6.07) is 0. The maximum Gasteiger partial charge on any atom is 0.306 e. The van der Waals surface area contributed by atoms with E-state index in [1.165, 1.54) is 109 Å². The summed E-state index contributed by atoms with van der Waals surface area (Å²) >= 11 is 0. The molecule has 0 bridgehead atoms. The van der Waals surface area contributed by atoms with E-state index in [-0.39, 0.29) is 31.1 Å². The van der Waals surface area contributed by atoms with Gasteiger partial charge in [0.2, 0.25) is 0 Å². The molecule has 0 aliphatic heterocycles. The molecular formula is C61H102O6. The predicted molar refractivity (Wildman–Crippen MR) is 288 cm³/mol. The Bertz CT molecular complexity index is 1350. The Morgan fingerprint density at radius 1 is 0.328 bits per heavy atom. The lowest BCUT2D eigenvalue weighted by molar-refractivity contribution is -0.167. The van der Waals surface area contributed by atoms with Gasteiger partial charge in [0.15, 0.2) is 6.10 Å². The number of hydrogen-bond acceptors (Lipinski definition) is 6. The van der Waals surface area contributed by atoms with Crippen LogP contribution in [0.25, 0.3) is 0 Å². The highest BCUT2D eigenvalue weighted by Crippen LogP contribution is 2.16. The molecule has 0 spiro atoms. The summed E-state index contributed by atoms with van der Waals surface area (Å²) < 4.78 is 16.8. The number of hydrogen-bond donors (Lipinski definition) is 0. The molecule has 0 aliphatic rings. The van der Waals surface area contributed by atoms with Crippen molar-refractivity contribution in [1.82, 2.24) is 0 Å². The van der Waals surface area contributed by atoms with E-state index in [0.29, 0.717) is 19.3 Å². The molecule has 1 unspecified atom stereocenters. The molecule has 0 radical (unpaired) electrons. The Morgan fingerprint density at radius 2 is 0.657 bits per heavy atom. The summed E-state index contributed by atoms with van der Waals surface area (Å²) in [5.41, 5.74) is 0. The lowest BCUT2D eigenvalue weighted by Gasteiger charge is -2.18. The Kier molecular flexibility index (Phi) is 51.9. The van der Waals surface area contributed by atoms with Gasteiger partial charge in [0.1, 0.15) is 13.2 Å². The highest BCUT2D eigenvalue weighted by Gasteiger charge is 2.19. The van der Waals surface area contributed by atoms with Crippen molar-refractivity contribution in [2.75, 3.05) is 13.2 Å². The molecular weight excluding hydrogens is 829 g/mol. The molecule has 0 saturated carbocycles. The van der Waals surface area contributed by atoms with Crippen LogP contribution in [0.5, 0.6) is 0 Å². The smallest absolute Gasteiger partial charge is 0.306 e. The van der Waals surface area contributed by atoms with Gasteiger partial charge >= 0.3 is 17.9 Å². The van der Waals surface area contributed by atoms with Crippen molar-refractivity contribution in [1.29, 1.82) is 0 Å². The first-order valence-electron chi connectivity index (χ1n) is 27.8. The zero-order valence-electron chi connectivity index (χ0n) is 43.6. The maximum atomic E-state index is 12.8. The first-order chi connectivity index (χ1) is 33.0. The summed E-state index contributed by atoms with van der Waals surface area (Å²) in [4.78, 5) is 38.1. The van der Waals surface area contributed by atoms with Crippen LogP contribution in [0.15, 0.2) is 97.2 Å². The van der Waals surface area contributed by atoms with E-state index >= 15 is 0 Å². The van der Waals surface area contributed by atoms with Gasteiger partial charge in [-0.3, -0.25) is 14.4 Å². The molecule has 0 aliphatic carbocycles. The molecule has 0 aromatic heterocycles. The van der Waals surface area contributed by atoms with Gasteiger partial charge in [-0.2, -0.15) is 0 Å². The van der Waals surface area contributed by atoms with E-state index in [4.69, 9.17) is 14.2 Å². The minimum atomic E-state index is -0.802. The number of ether oxygens (including phenoxy) is 3. The van der Waals surface area contributed by atoms with Crippen LogP contribution in [0.4, 0.5) is 0 Å². The minimum absolute atomic E-state index is 0.0957. The van der Waals surface area contributed by atoms with Crippen LogP contribution in [0.1, 0.15) is 252 Å². The first-order valence-corrected chi connectivity index (χ1v) is 27.8. The van der Waals surface area contributed by atoms with Crippen LogP contribution < -0.4 is 0 Å². The molecule has 0 fully saturated rings. The first kappa shape index (κ1) is 63.3. The number of carbonyl (C=O) groups excluding carboxylic acids is 3. The van der Waals surface area contributed by atoms with Crippen molar-refractivity contribution in [3.8, 4) is 0 Å². The van der Waals surface area contributed by atoms with Crippen molar-refractivity contribution in [2.24, 2.45) is 0 Å². The fraction of sp³-hybridized carbons (Fsp3) is 0.689. The third-order valence-corrected chi connectivity index (χ3v) is 11.7. The molecule has 0 amide bonds. The van der Waals surface area contributed by atoms with Gasteiger partial charge in [0, 0.05) is 19.3 Å². The molecule has 6 nitrogen and oxygen atoms in total. The molecule has 0 rings (SSSR count). The number of rotatable bonds is 49. The minimum Gasteiger partial charge on any atom is -0.462 e. The molecule has 67 heavy (non-hydrogen) atoms. The van der Waals surface area contributed by atoms with E-state index in [1.807, 2.05) is 48.6 Å². The van der Waals surface area contributed by atoms with E-state index in [2.05, 4.69) is 69.4 Å².